The predicted octanol–water partition coefficient (Wildman–Crippen LogP) is 4.95. The normalized spacial score (nSPS) is 16.5. The van der Waals surface area contributed by atoms with Gasteiger partial charge in [-0.2, -0.15) is 0 Å². The molecule has 1 saturated heterocycles. The van der Waals surface area contributed by atoms with E-state index in [4.69, 9.17) is 33.1 Å². The Morgan fingerprint density at radius 1 is 0.968 bits per heavy atom. The van der Waals surface area contributed by atoms with Gasteiger partial charge in [0.15, 0.2) is 0 Å². The second kappa shape index (κ2) is 8.51. The number of ether oxygens (including phenoxy) is 1. The van der Waals surface area contributed by atoms with E-state index in [0.29, 0.717) is 33.8 Å². The number of primary sulfonamides is 1. The molecule has 1 aliphatic rings. The minimum Gasteiger partial charge on any atom is -0.455 e. The van der Waals surface area contributed by atoms with Crippen LogP contribution in [0.5, 0.6) is 11.5 Å². The highest BCUT2D eigenvalue weighted by Crippen LogP contribution is 2.40. The van der Waals surface area contributed by atoms with Crippen LogP contribution >= 0.6 is 23.2 Å². The van der Waals surface area contributed by atoms with Crippen LogP contribution in [0.1, 0.15) is 17.9 Å². The molecule has 0 saturated carbocycles. The number of para-hydroxylation sites is 1. The zero-order valence-electron chi connectivity index (χ0n) is 16.2. The van der Waals surface area contributed by atoms with Crippen LogP contribution in [-0.4, -0.2) is 20.9 Å². The lowest BCUT2D eigenvalue weighted by Gasteiger charge is -2.19. The average molecular weight is 477 g/mol. The molecule has 4 rings (SSSR count). The summed E-state index contributed by atoms with van der Waals surface area (Å²) in [6.45, 7) is 0.411. The van der Waals surface area contributed by atoms with E-state index in [1.807, 2.05) is 18.2 Å². The van der Waals surface area contributed by atoms with E-state index in [-0.39, 0.29) is 23.1 Å². The second-order valence-corrected chi connectivity index (χ2v) is 9.56. The monoisotopic (exact) mass is 476 g/mol. The van der Waals surface area contributed by atoms with Crippen LogP contribution in [0.15, 0.2) is 71.6 Å². The first-order valence-electron chi connectivity index (χ1n) is 9.37. The molecule has 0 spiro atoms. The Bertz CT molecular complexity index is 1250. The van der Waals surface area contributed by atoms with Gasteiger partial charge in [-0.1, -0.05) is 41.4 Å². The van der Waals surface area contributed by atoms with Crippen molar-refractivity contribution in [3.05, 3.63) is 82.3 Å². The molecular weight excluding hydrogens is 459 g/mol. The number of rotatable bonds is 5. The maximum Gasteiger partial charge on any atom is 0.238 e. The van der Waals surface area contributed by atoms with Gasteiger partial charge in [-0.25, -0.2) is 13.6 Å². The Labute approximate surface area is 190 Å². The third-order valence-electron chi connectivity index (χ3n) is 5.07. The first-order valence-corrected chi connectivity index (χ1v) is 11.7. The van der Waals surface area contributed by atoms with E-state index in [9.17, 15) is 13.2 Å². The van der Waals surface area contributed by atoms with E-state index >= 15 is 0 Å². The van der Waals surface area contributed by atoms with E-state index < -0.39 is 10.0 Å². The smallest absolute Gasteiger partial charge is 0.238 e. The molecule has 6 nitrogen and oxygen atoms in total. The molecule has 1 fully saturated rings. The molecule has 0 aromatic heterocycles. The fourth-order valence-corrected chi connectivity index (χ4v) is 4.41. The van der Waals surface area contributed by atoms with Gasteiger partial charge in [0.05, 0.1) is 9.92 Å². The van der Waals surface area contributed by atoms with Gasteiger partial charge >= 0.3 is 0 Å². The van der Waals surface area contributed by atoms with Gasteiger partial charge in [-0.3, -0.25) is 4.79 Å². The van der Waals surface area contributed by atoms with Gasteiger partial charge in [0.1, 0.15) is 11.5 Å². The van der Waals surface area contributed by atoms with Crippen LogP contribution in [0, 0.1) is 0 Å². The fraction of sp³-hybridized carbons (Fsp3) is 0.136. The standard InChI is InChI=1S/C22H18Cl2N2O4S/c23-15-5-10-18(21(12-15)30-20-4-2-1-3-19(20)24)14-11-22(27)26(13-14)16-6-8-17(9-7-16)31(25,28)29/h1-10,12,14H,11,13H2,(H2,25,28,29). The zero-order chi connectivity index (χ0) is 22.2. The molecule has 0 aliphatic carbocycles. The minimum atomic E-state index is -3.80. The number of halogens is 2. The summed E-state index contributed by atoms with van der Waals surface area (Å²) in [7, 11) is -3.80. The van der Waals surface area contributed by atoms with Crippen LogP contribution in [0.25, 0.3) is 0 Å². The number of benzene rings is 3. The highest BCUT2D eigenvalue weighted by atomic mass is 35.5. The van der Waals surface area contributed by atoms with Gasteiger partial charge < -0.3 is 9.64 Å². The number of amides is 1. The topological polar surface area (TPSA) is 89.7 Å². The van der Waals surface area contributed by atoms with Gasteiger partial charge in [0.25, 0.3) is 0 Å². The number of anilines is 1. The molecule has 9 heteroatoms. The summed E-state index contributed by atoms with van der Waals surface area (Å²) in [4.78, 5) is 14.3. The Kier molecular flexibility index (Phi) is 5.94. The SMILES string of the molecule is NS(=O)(=O)c1ccc(N2CC(c3ccc(Cl)cc3Oc3ccccc3Cl)CC2=O)cc1. The van der Waals surface area contributed by atoms with Crippen LogP contribution in [0.4, 0.5) is 5.69 Å². The van der Waals surface area contributed by atoms with E-state index in [1.165, 1.54) is 12.1 Å². The highest BCUT2D eigenvalue weighted by Gasteiger charge is 2.33. The second-order valence-electron chi connectivity index (χ2n) is 7.16. The summed E-state index contributed by atoms with van der Waals surface area (Å²) >= 11 is 12.4. The van der Waals surface area contributed by atoms with Crippen molar-refractivity contribution in [2.45, 2.75) is 17.2 Å². The molecule has 1 heterocycles. The third kappa shape index (κ3) is 4.70. The van der Waals surface area contributed by atoms with Gasteiger partial charge in [-0.15, -0.1) is 0 Å². The number of hydrogen-bond donors (Lipinski definition) is 1. The Balaban J connectivity index is 1.61. The fourth-order valence-electron chi connectivity index (χ4n) is 3.56. The number of hydrogen-bond acceptors (Lipinski definition) is 4. The lowest BCUT2D eigenvalue weighted by molar-refractivity contribution is -0.117. The Hall–Kier alpha value is -2.58. The molecule has 160 valence electrons. The summed E-state index contributed by atoms with van der Waals surface area (Å²) in [5.74, 6) is 0.810. The van der Waals surface area contributed by atoms with Gasteiger partial charge in [0, 0.05) is 35.2 Å². The van der Waals surface area contributed by atoms with Crippen LogP contribution < -0.4 is 14.8 Å². The molecule has 1 amide bonds. The minimum absolute atomic E-state index is 0.00688. The number of sulfonamides is 1. The molecule has 3 aromatic rings. The van der Waals surface area contributed by atoms with Crippen molar-refractivity contribution >= 4 is 44.8 Å². The van der Waals surface area contributed by atoms with Crippen LogP contribution in [-0.2, 0) is 14.8 Å². The Morgan fingerprint density at radius 2 is 1.68 bits per heavy atom. The zero-order valence-corrected chi connectivity index (χ0v) is 18.5. The van der Waals surface area contributed by atoms with E-state index in [0.717, 1.165) is 5.56 Å². The lowest BCUT2D eigenvalue weighted by Crippen LogP contribution is -2.24. The molecule has 31 heavy (non-hydrogen) atoms. The molecule has 1 aliphatic heterocycles. The van der Waals surface area contributed by atoms with E-state index in [2.05, 4.69) is 0 Å². The van der Waals surface area contributed by atoms with Crippen molar-refractivity contribution in [1.82, 2.24) is 0 Å². The average Bonchev–Trinajstić information content (AvgIpc) is 3.11. The number of carbonyl (C=O) groups excluding carboxylic acids is 1. The van der Waals surface area contributed by atoms with Crippen LogP contribution in [0.2, 0.25) is 10.0 Å². The van der Waals surface area contributed by atoms with Gasteiger partial charge in [0.2, 0.25) is 15.9 Å². The summed E-state index contributed by atoms with van der Waals surface area (Å²) in [6, 6.07) is 18.3. The summed E-state index contributed by atoms with van der Waals surface area (Å²) in [5, 5.41) is 6.12. The molecule has 1 atom stereocenters. The van der Waals surface area contributed by atoms with Crippen molar-refractivity contribution in [3.8, 4) is 11.5 Å². The first kappa shape index (κ1) is 21.6. The number of carbonyl (C=O) groups is 1. The maximum atomic E-state index is 12.7. The molecule has 2 N–H and O–H groups in total. The summed E-state index contributed by atoms with van der Waals surface area (Å²) in [6.07, 6.45) is 0.275. The van der Waals surface area contributed by atoms with Crippen molar-refractivity contribution in [1.29, 1.82) is 0 Å². The van der Waals surface area contributed by atoms with Crippen molar-refractivity contribution in [2.75, 3.05) is 11.4 Å². The highest BCUT2D eigenvalue weighted by molar-refractivity contribution is 7.89. The van der Waals surface area contributed by atoms with E-state index in [1.54, 1.807) is 41.3 Å². The van der Waals surface area contributed by atoms with Gasteiger partial charge in [-0.05, 0) is 48.5 Å². The number of nitrogens with two attached hydrogens (primary N) is 1. The lowest BCUT2D eigenvalue weighted by atomic mass is 9.97. The Morgan fingerprint density at radius 3 is 2.35 bits per heavy atom. The van der Waals surface area contributed by atoms with Crippen molar-refractivity contribution in [3.63, 3.8) is 0 Å². The number of nitrogens with zero attached hydrogens (tertiary/aromatic N) is 1. The quantitative estimate of drug-likeness (QED) is 0.563. The summed E-state index contributed by atoms with van der Waals surface area (Å²) in [5.41, 5.74) is 1.43. The molecule has 3 aromatic carbocycles. The molecule has 0 bridgehead atoms. The first-order chi connectivity index (χ1) is 14.7. The predicted molar refractivity (Wildman–Crippen MR) is 121 cm³/mol. The summed E-state index contributed by atoms with van der Waals surface area (Å²) < 4.78 is 29.0. The molecule has 1 unspecified atom stereocenters. The molecular formula is C22H18Cl2N2O4S. The molecule has 0 radical (unpaired) electrons. The third-order valence-corrected chi connectivity index (χ3v) is 6.55. The largest absolute Gasteiger partial charge is 0.455 e. The van der Waals surface area contributed by atoms with Crippen molar-refractivity contribution in [2.24, 2.45) is 5.14 Å². The van der Waals surface area contributed by atoms with Crippen molar-refractivity contribution < 1.29 is 17.9 Å². The van der Waals surface area contributed by atoms with Crippen LogP contribution in [0.3, 0.4) is 0 Å². The maximum absolute atomic E-state index is 12.7.